The average Bonchev–Trinajstić information content (AvgIpc) is 3.20. The van der Waals surface area contributed by atoms with Crippen molar-refractivity contribution >= 4 is 87.9 Å². The first-order valence-electron chi connectivity index (χ1n) is 11.1. The van der Waals surface area contributed by atoms with E-state index in [0.29, 0.717) is 5.02 Å². The van der Waals surface area contributed by atoms with E-state index in [1.807, 2.05) is 24.3 Å². The maximum Gasteiger partial charge on any atom is 0.0426 e. The van der Waals surface area contributed by atoms with Crippen molar-refractivity contribution in [1.82, 2.24) is 0 Å². The highest BCUT2D eigenvalue weighted by Gasteiger charge is 2.14. The Hall–Kier alpha value is -3.10. The third kappa shape index (κ3) is 3.44. The molecule has 0 amide bonds. The first-order chi connectivity index (χ1) is 16.5. The average molecular weight is 495 g/mol. The summed E-state index contributed by atoms with van der Waals surface area (Å²) in [7, 11) is 0. The Balaban J connectivity index is 1.54. The summed E-state index contributed by atoms with van der Waals surface area (Å²) < 4.78 is 2.29. The topological polar surface area (TPSA) is 0 Å². The van der Waals surface area contributed by atoms with Crippen LogP contribution < -0.4 is 0 Å². The second-order valence-corrected chi connectivity index (χ2v) is 10.5. The van der Waals surface area contributed by atoms with Crippen LogP contribution in [0.25, 0.3) is 53.4 Å². The van der Waals surface area contributed by atoms with E-state index in [1.54, 1.807) is 11.3 Å². The molecule has 0 spiro atoms. The van der Waals surface area contributed by atoms with E-state index in [4.69, 9.17) is 23.2 Å². The molecule has 6 aromatic rings. The zero-order valence-electron chi connectivity index (χ0n) is 18.5. The zero-order chi connectivity index (χ0) is 23.4. The van der Waals surface area contributed by atoms with Crippen LogP contribution in [0.15, 0.2) is 91.5 Å². The minimum Gasteiger partial charge on any atom is -0.135 e. The molecule has 5 aromatic carbocycles. The number of benzene rings is 5. The highest BCUT2D eigenvalue weighted by atomic mass is 35.5. The number of fused-ring (bicyclic) bond motifs is 6. The van der Waals surface area contributed by atoms with Gasteiger partial charge in [-0.1, -0.05) is 96.5 Å². The van der Waals surface area contributed by atoms with Crippen LogP contribution in [0.4, 0.5) is 0 Å². The molecule has 0 fully saturated rings. The zero-order valence-corrected chi connectivity index (χ0v) is 20.9. The molecule has 3 heteroatoms. The van der Waals surface area contributed by atoms with E-state index in [2.05, 4.69) is 80.3 Å². The van der Waals surface area contributed by atoms with Gasteiger partial charge in [0.2, 0.25) is 0 Å². The molecule has 1 aromatic heterocycles. The molecule has 0 saturated carbocycles. The lowest BCUT2D eigenvalue weighted by atomic mass is 9.91. The molecule has 164 valence electrons. The Labute approximate surface area is 212 Å². The molecule has 0 radical (unpaired) electrons. The van der Waals surface area contributed by atoms with E-state index in [1.165, 1.54) is 43.4 Å². The Kier molecular flexibility index (Phi) is 5.22. The maximum absolute atomic E-state index is 6.53. The van der Waals surface area contributed by atoms with Crippen LogP contribution >= 0.6 is 34.5 Å². The van der Waals surface area contributed by atoms with Gasteiger partial charge in [0.15, 0.2) is 0 Å². The van der Waals surface area contributed by atoms with Gasteiger partial charge in [-0.15, -0.1) is 11.3 Å². The summed E-state index contributed by atoms with van der Waals surface area (Å²) in [4.78, 5) is 0. The molecule has 0 atom stereocenters. The number of rotatable bonds is 3. The van der Waals surface area contributed by atoms with Crippen LogP contribution in [-0.4, -0.2) is 0 Å². The van der Waals surface area contributed by atoms with E-state index >= 15 is 0 Å². The van der Waals surface area contributed by atoms with Crippen molar-refractivity contribution in [3.63, 3.8) is 0 Å². The summed E-state index contributed by atoms with van der Waals surface area (Å²) in [5.41, 5.74) is 4.47. The molecule has 0 aliphatic carbocycles. The van der Waals surface area contributed by atoms with Gasteiger partial charge in [0.05, 0.1) is 0 Å². The summed E-state index contributed by atoms with van der Waals surface area (Å²) in [6.07, 6.45) is 4.32. The van der Waals surface area contributed by atoms with Gasteiger partial charge < -0.3 is 0 Å². The van der Waals surface area contributed by atoms with E-state index in [9.17, 15) is 0 Å². The smallest absolute Gasteiger partial charge is 0.0426 e. The van der Waals surface area contributed by atoms with Crippen molar-refractivity contribution in [2.24, 2.45) is 0 Å². The van der Waals surface area contributed by atoms with Crippen LogP contribution in [0, 0.1) is 6.92 Å². The minimum absolute atomic E-state index is 0.710. The van der Waals surface area contributed by atoms with Gasteiger partial charge in [-0.25, -0.2) is 0 Å². The molecular weight excluding hydrogens is 475 g/mol. The summed E-state index contributed by atoms with van der Waals surface area (Å²) in [6, 6.07) is 27.3. The van der Waals surface area contributed by atoms with Gasteiger partial charge in [0.1, 0.15) is 0 Å². The van der Waals surface area contributed by atoms with Crippen molar-refractivity contribution < 1.29 is 0 Å². The van der Waals surface area contributed by atoms with E-state index in [0.717, 1.165) is 25.6 Å². The van der Waals surface area contributed by atoms with E-state index < -0.39 is 0 Å². The Morgan fingerprint density at radius 1 is 0.735 bits per heavy atom. The van der Waals surface area contributed by atoms with Gasteiger partial charge in [0.25, 0.3) is 0 Å². The summed E-state index contributed by atoms with van der Waals surface area (Å²) in [5, 5.41) is 8.87. The number of thiophene rings is 1. The predicted octanol–water partition coefficient (Wildman–Crippen LogP) is 10.7. The van der Waals surface area contributed by atoms with E-state index in [-0.39, 0.29) is 0 Å². The molecule has 34 heavy (non-hydrogen) atoms. The van der Waals surface area contributed by atoms with Crippen molar-refractivity contribution in [1.29, 1.82) is 0 Å². The maximum atomic E-state index is 6.53. The largest absolute Gasteiger partial charge is 0.135 e. The Morgan fingerprint density at radius 3 is 2.15 bits per heavy atom. The number of allylic oxidation sites excluding steroid dienone is 2. The van der Waals surface area contributed by atoms with Crippen molar-refractivity contribution in [2.45, 2.75) is 6.92 Å². The van der Waals surface area contributed by atoms with Crippen LogP contribution in [0.1, 0.15) is 16.7 Å². The predicted molar refractivity (Wildman–Crippen MR) is 154 cm³/mol. The quantitative estimate of drug-likeness (QED) is 0.169. The molecular formula is C31H20Cl2S. The van der Waals surface area contributed by atoms with Crippen LogP contribution in [0.3, 0.4) is 0 Å². The van der Waals surface area contributed by atoms with Gasteiger partial charge in [0, 0.05) is 30.2 Å². The molecule has 6 rings (SSSR count). The highest BCUT2D eigenvalue weighted by Crippen LogP contribution is 2.41. The van der Waals surface area contributed by atoms with Crippen LogP contribution in [0.2, 0.25) is 10.0 Å². The van der Waals surface area contributed by atoms with Gasteiger partial charge in [-0.05, 0) is 75.0 Å². The van der Waals surface area contributed by atoms with Crippen molar-refractivity contribution in [3.8, 4) is 0 Å². The van der Waals surface area contributed by atoms with Crippen molar-refractivity contribution in [2.75, 3.05) is 0 Å². The number of hydrogen-bond donors (Lipinski definition) is 0. The number of halogens is 2. The molecule has 0 nitrogen and oxygen atoms in total. The van der Waals surface area contributed by atoms with Gasteiger partial charge in [-0.2, -0.15) is 0 Å². The first kappa shape index (κ1) is 21.4. The minimum atomic E-state index is 0.710. The molecule has 0 bridgehead atoms. The third-order valence-corrected chi connectivity index (χ3v) is 8.09. The molecule has 0 unspecified atom stereocenters. The normalized spacial score (nSPS) is 12.0. The van der Waals surface area contributed by atoms with Gasteiger partial charge >= 0.3 is 0 Å². The van der Waals surface area contributed by atoms with Crippen LogP contribution in [0.5, 0.6) is 0 Å². The molecule has 0 N–H and O–H groups in total. The Bertz CT molecular complexity index is 1800. The van der Waals surface area contributed by atoms with Crippen LogP contribution in [-0.2, 0) is 0 Å². The van der Waals surface area contributed by atoms with Gasteiger partial charge in [-0.3, -0.25) is 0 Å². The molecule has 0 aliphatic heterocycles. The Morgan fingerprint density at radius 2 is 1.38 bits per heavy atom. The fraction of sp³-hybridized carbons (Fsp3) is 0.0323. The summed E-state index contributed by atoms with van der Waals surface area (Å²) in [6.45, 7) is 6.64. The summed E-state index contributed by atoms with van der Waals surface area (Å²) >= 11 is 14.5. The lowest BCUT2D eigenvalue weighted by Crippen LogP contribution is -1.89. The SMILES string of the molecule is C=C(/C=C\c1c(C)c2ccccc2c2ccccc12)c1cc(Cl)cc2sc3cc(Cl)ccc3c12. The lowest BCUT2D eigenvalue weighted by molar-refractivity contribution is 1.52. The number of aryl methyl sites for hydroxylation is 1. The highest BCUT2D eigenvalue weighted by molar-refractivity contribution is 7.26. The second kappa shape index (κ2) is 8.29. The fourth-order valence-corrected chi connectivity index (χ4v) is 6.66. The monoisotopic (exact) mass is 494 g/mol. The number of hydrogen-bond acceptors (Lipinski definition) is 1. The first-order valence-corrected chi connectivity index (χ1v) is 12.7. The lowest BCUT2D eigenvalue weighted by Gasteiger charge is -2.13. The molecule has 0 aliphatic rings. The molecule has 0 saturated heterocycles. The standard InChI is InChI=1S/C31H20Cl2S/c1-18(28-15-21(33)17-30-31(28)27-14-12-20(32)16-29(27)34-30)11-13-23-19(2)22-7-3-4-8-24(22)26-10-6-5-9-25(23)26/h3-17H,1H2,2H3/b13-11-. The summed E-state index contributed by atoms with van der Waals surface area (Å²) in [5.74, 6) is 0. The fourth-order valence-electron chi connectivity index (χ4n) is 4.93. The third-order valence-electron chi connectivity index (χ3n) is 6.54. The molecule has 1 heterocycles. The second-order valence-electron chi connectivity index (χ2n) is 8.56. The van der Waals surface area contributed by atoms with Crippen molar-refractivity contribution in [3.05, 3.63) is 118 Å².